The summed E-state index contributed by atoms with van der Waals surface area (Å²) in [5.74, 6) is 1.61. The van der Waals surface area contributed by atoms with Crippen molar-refractivity contribution >= 4 is 5.91 Å². The second-order valence-corrected chi connectivity index (χ2v) is 5.87. The lowest BCUT2D eigenvalue weighted by Gasteiger charge is -2.38. The van der Waals surface area contributed by atoms with Gasteiger partial charge in [0.1, 0.15) is 0 Å². The molecule has 1 atom stereocenters. The Morgan fingerprint density at radius 2 is 2.22 bits per heavy atom. The molecule has 0 spiro atoms. The van der Waals surface area contributed by atoms with Crippen molar-refractivity contribution in [2.24, 2.45) is 0 Å². The van der Waals surface area contributed by atoms with Crippen LogP contribution in [-0.4, -0.2) is 52.1 Å². The third-order valence-corrected chi connectivity index (χ3v) is 4.19. The first kappa shape index (κ1) is 15.7. The molecule has 7 heteroatoms. The van der Waals surface area contributed by atoms with Crippen molar-refractivity contribution in [3.63, 3.8) is 0 Å². The van der Waals surface area contributed by atoms with Crippen LogP contribution in [0, 0.1) is 0 Å². The van der Waals surface area contributed by atoms with Gasteiger partial charge in [0, 0.05) is 20.1 Å². The van der Waals surface area contributed by atoms with Crippen molar-refractivity contribution in [3.05, 3.63) is 24.3 Å². The van der Waals surface area contributed by atoms with E-state index in [9.17, 15) is 4.79 Å². The summed E-state index contributed by atoms with van der Waals surface area (Å²) in [6.45, 7) is 4.16. The van der Waals surface area contributed by atoms with E-state index in [1.165, 1.54) is 0 Å². The summed E-state index contributed by atoms with van der Waals surface area (Å²) in [5.41, 5.74) is 0. The SMILES string of the molecule is CCCC[C@H]1C(=O)N(C)CCN1Cc1nnc(-c2ccco2)o1. The summed E-state index contributed by atoms with van der Waals surface area (Å²) in [4.78, 5) is 16.4. The van der Waals surface area contributed by atoms with Gasteiger partial charge in [-0.3, -0.25) is 9.69 Å². The minimum Gasteiger partial charge on any atom is -0.459 e. The number of hydrogen-bond acceptors (Lipinski definition) is 6. The molecule has 124 valence electrons. The molecule has 1 saturated heterocycles. The van der Waals surface area contributed by atoms with Gasteiger partial charge in [-0.15, -0.1) is 10.2 Å². The Morgan fingerprint density at radius 3 is 2.96 bits per heavy atom. The molecule has 0 N–H and O–H groups in total. The lowest BCUT2D eigenvalue weighted by molar-refractivity contribution is -0.141. The van der Waals surface area contributed by atoms with Crippen LogP contribution >= 0.6 is 0 Å². The summed E-state index contributed by atoms with van der Waals surface area (Å²) in [5, 5.41) is 8.09. The average molecular weight is 318 g/mol. The smallest absolute Gasteiger partial charge is 0.283 e. The molecule has 0 saturated carbocycles. The number of rotatable bonds is 6. The molecule has 1 aliphatic heterocycles. The minimum atomic E-state index is -0.104. The van der Waals surface area contributed by atoms with Gasteiger partial charge in [0.2, 0.25) is 11.8 Å². The van der Waals surface area contributed by atoms with Gasteiger partial charge < -0.3 is 13.7 Å². The van der Waals surface area contributed by atoms with Crippen LogP contribution in [0.25, 0.3) is 11.7 Å². The van der Waals surface area contributed by atoms with Crippen molar-refractivity contribution in [2.75, 3.05) is 20.1 Å². The van der Waals surface area contributed by atoms with Crippen LogP contribution in [0.5, 0.6) is 0 Å². The first-order valence-corrected chi connectivity index (χ1v) is 8.04. The molecular weight excluding hydrogens is 296 g/mol. The lowest BCUT2D eigenvalue weighted by Crippen LogP contribution is -2.55. The average Bonchev–Trinajstić information content (AvgIpc) is 3.21. The minimum absolute atomic E-state index is 0.104. The third-order valence-electron chi connectivity index (χ3n) is 4.19. The highest BCUT2D eigenvalue weighted by Crippen LogP contribution is 2.21. The van der Waals surface area contributed by atoms with E-state index in [2.05, 4.69) is 22.0 Å². The molecule has 1 aliphatic rings. The maximum Gasteiger partial charge on any atom is 0.283 e. The summed E-state index contributed by atoms with van der Waals surface area (Å²) in [6, 6.07) is 3.45. The molecule has 23 heavy (non-hydrogen) atoms. The van der Waals surface area contributed by atoms with Crippen molar-refractivity contribution in [2.45, 2.75) is 38.8 Å². The lowest BCUT2D eigenvalue weighted by atomic mass is 10.0. The topological polar surface area (TPSA) is 75.6 Å². The Morgan fingerprint density at radius 1 is 1.35 bits per heavy atom. The second kappa shape index (κ2) is 6.95. The van der Waals surface area contributed by atoms with Crippen molar-refractivity contribution in [1.29, 1.82) is 0 Å². The van der Waals surface area contributed by atoms with Gasteiger partial charge in [-0.2, -0.15) is 0 Å². The zero-order valence-corrected chi connectivity index (χ0v) is 13.6. The summed E-state index contributed by atoms with van der Waals surface area (Å²) >= 11 is 0. The quantitative estimate of drug-likeness (QED) is 0.812. The van der Waals surface area contributed by atoms with E-state index in [-0.39, 0.29) is 11.9 Å². The zero-order valence-electron chi connectivity index (χ0n) is 13.6. The standard InChI is InChI=1S/C16H22N4O3/c1-3-4-6-12-16(21)19(2)8-9-20(12)11-14-17-18-15(23-14)13-7-5-10-22-13/h5,7,10,12H,3-4,6,8-9,11H2,1-2H3/t12-/m0/s1. The Kier molecular flexibility index (Phi) is 4.76. The first-order chi connectivity index (χ1) is 11.2. The molecule has 1 fully saturated rings. The first-order valence-electron chi connectivity index (χ1n) is 8.04. The van der Waals surface area contributed by atoms with Crippen molar-refractivity contribution in [3.8, 4) is 11.7 Å². The van der Waals surface area contributed by atoms with Crippen LogP contribution in [0.15, 0.2) is 27.2 Å². The van der Waals surface area contributed by atoms with Gasteiger partial charge in [-0.25, -0.2) is 0 Å². The molecule has 0 unspecified atom stereocenters. The number of aromatic nitrogens is 2. The van der Waals surface area contributed by atoms with E-state index in [4.69, 9.17) is 8.83 Å². The highest BCUT2D eigenvalue weighted by atomic mass is 16.4. The molecule has 2 aromatic heterocycles. The predicted molar refractivity (Wildman–Crippen MR) is 83.4 cm³/mol. The summed E-state index contributed by atoms with van der Waals surface area (Å²) < 4.78 is 10.9. The predicted octanol–water partition coefficient (Wildman–Crippen LogP) is 2.16. The molecule has 7 nitrogen and oxygen atoms in total. The van der Waals surface area contributed by atoms with Gasteiger partial charge in [-0.1, -0.05) is 19.8 Å². The second-order valence-electron chi connectivity index (χ2n) is 5.87. The Balaban J connectivity index is 1.71. The number of furan rings is 1. The van der Waals surface area contributed by atoms with Gasteiger partial charge in [0.15, 0.2) is 5.76 Å². The summed E-state index contributed by atoms with van der Waals surface area (Å²) in [6.07, 6.45) is 4.53. The number of likely N-dealkylation sites (N-methyl/N-ethyl adjacent to an activating group) is 1. The van der Waals surface area contributed by atoms with Crippen molar-refractivity contribution in [1.82, 2.24) is 20.0 Å². The monoisotopic (exact) mass is 318 g/mol. The molecule has 1 amide bonds. The third kappa shape index (κ3) is 3.44. The summed E-state index contributed by atoms with van der Waals surface area (Å²) in [7, 11) is 1.86. The van der Waals surface area contributed by atoms with Crippen LogP contribution in [0.4, 0.5) is 0 Å². The maximum atomic E-state index is 12.4. The Bertz CT molecular complexity index is 638. The van der Waals surface area contributed by atoms with Gasteiger partial charge in [0.25, 0.3) is 5.89 Å². The number of nitrogens with zero attached hydrogens (tertiary/aromatic N) is 4. The number of carbonyl (C=O) groups excluding carboxylic acids is 1. The largest absolute Gasteiger partial charge is 0.459 e. The Labute approximate surface area is 135 Å². The van der Waals surface area contributed by atoms with E-state index in [1.54, 1.807) is 23.3 Å². The molecule has 2 aromatic rings. The van der Waals surface area contributed by atoms with Crippen LogP contribution in [-0.2, 0) is 11.3 Å². The number of amides is 1. The molecule has 0 aliphatic carbocycles. The van der Waals surface area contributed by atoms with Crippen LogP contribution < -0.4 is 0 Å². The maximum absolute atomic E-state index is 12.4. The van der Waals surface area contributed by atoms with E-state index < -0.39 is 0 Å². The highest BCUT2D eigenvalue weighted by molar-refractivity contribution is 5.82. The molecule has 3 rings (SSSR count). The molecule has 0 radical (unpaired) electrons. The van der Waals surface area contributed by atoms with E-state index in [1.807, 2.05) is 7.05 Å². The zero-order chi connectivity index (χ0) is 16.2. The molecule has 0 aromatic carbocycles. The molecule has 0 bridgehead atoms. The Hall–Kier alpha value is -2.15. The fraction of sp³-hybridized carbons (Fsp3) is 0.562. The number of hydrogen-bond donors (Lipinski definition) is 0. The van der Waals surface area contributed by atoms with Gasteiger partial charge in [-0.05, 0) is 18.6 Å². The molecular formula is C16H22N4O3. The number of piperazine rings is 1. The van der Waals surface area contributed by atoms with Crippen LogP contribution in [0.3, 0.4) is 0 Å². The number of carbonyl (C=O) groups is 1. The van der Waals surface area contributed by atoms with Crippen LogP contribution in [0.2, 0.25) is 0 Å². The van der Waals surface area contributed by atoms with E-state index >= 15 is 0 Å². The molecule has 3 heterocycles. The van der Waals surface area contributed by atoms with Crippen LogP contribution in [0.1, 0.15) is 32.1 Å². The van der Waals surface area contributed by atoms with E-state index in [0.29, 0.717) is 24.1 Å². The van der Waals surface area contributed by atoms with Gasteiger partial charge in [0.05, 0.1) is 18.8 Å². The number of unbranched alkanes of at least 4 members (excludes halogenated alkanes) is 1. The highest BCUT2D eigenvalue weighted by Gasteiger charge is 2.33. The van der Waals surface area contributed by atoms with E-state index in [0.717, 1.165) is 32.4 Å². The normalized spacial score (nSPS) is 19.5. The fourth-order valence-electron chi connectivity index (χ4n) is 2.84. The van der Waals surface area contributed by atoms with Crippen molar-refractivity contribution < 1.29 is 13.6 Å². The van der Waals surface area contributed by atoms with Gasteiger partial charge >= 0.3 is 0 Å². The fourth-order valence-corrected chi connectivity index (χ4v) is 2.84.